The van der Waals surface area contributed by atoms with Gasteiger partial charge in [-0.15, -0.1) is 0 Å². The van der Waals surface area contributed by atoms with E-state index in [2.05, 4.69) is 28.7 Å². The van der Waals surface area contributed by atoms with Crippen LogP contribution in [0.5, 0.6) is 5.75 Å². The first-order valence-corrected chi connectivity index (χ1v) is 11.7. The molecular weight excluding hydrogens is 422 g/mol. The van der Waals surface area contributed by atoms with Gasteiger partial charge in [-0.2, -0.15) is 4.31 Å². The summed E-state index contributed by atoms with van der Waals surface area (Å²) in [4.78, 5) is 4.71. The number of aryl methyl sites for hydroxylation is 1. The molecule has 4 rings (SSSR count). The van der Waals surface area contributed by atoms with Crippen molar-refractivity contribution in [1.29, 1.82) is 0 Å². The molecule has 0 radical (unpaired) electrons. The Kier molecular flexibility index (Phi) is 5.86. The molecule has 3 aromatic rings. The molecule has 0 saturated heterocycles. The lowest BCUT2D eigenvalue weighted by atomic mass is 10.0. The predicted octanol–water partition coefficient (Wildman–Crippen LogP) is 4.59. The SMILES string of the molecule is CCCn1cc(C2=CCN(S(=O)(=O)c3ccc(OC)c(Cl)c3)CC2)c2cccnc21. The summed E-state index contributed by atoms with van der Waals surface area (Å²) < 4.78 is 34.9. The third-order valence-corrected chi connectivity index (χ3v) is 7.53. The number of hydrogen-bond donors (Lipinski definition) is 0. The molecule has 0 atom stereocenters. The molecule has 0 saturated carbocycles. The van der Waals surface area contributed by atoms with Crippen LogP contribution in [-0.4, -0.2) is 42.5 Å². The molecular formula is C22H24ClN3O3S. The van der Waals surface area contributed by atoms with Gasteiger partial charge in [-0.1, -0.05) is 24.6 Å². The first kappa shape index (κ1) is 20.9. The Morgan fingerprint density at radius 1 is 1.27 bits per heavy atom. The van der Waals surface area contributed by atoms with Crippen molar-refractivity contribution in [3.8, 4) is 5.75 Å². The Hall–Kier alpha value is -2.35. The summed E-state index contributed by atoms with van der Waals surface area (Å²) in [6.07, 6.45) is 7.62. The first-order valence-electron chi connectivity index (χ1n) is 9.92. The van der Waals surface area contributed by atoms with Crippen LogP contribution in [-0.2, 0) is 16.6 Å². The van der Waals surface area contributed by atoms with Crippen LogP contribution in [0.15, 0.2) is 53.7 Å². The smallest absolute Gasteiger partial charge is 0.243 e. The van der Waals surface area contributed by atoms with Crippen molar-refractivity contribution in [2.45, 2.75) is 31.2 Å². The van der Waals surface area contributed by atoms with Crippen molar-refractivity contribution in [1.82, 2.24) is 13.9 Å². The molecule has 0 amide bonds. The van der Waals surface area contributed by atoms with Gasteiger partial charge in [0.1, 0.15) is 11.4 Å². The van der Waals surface area contributed by atoms with E-state index in [1.165, 1.54) is 23.5 Å². The number of halogens is 1. The van der Waals surface area contributed by atoms with Gasteiger partial charge in [-0.3, -0.25) is 0 Å². The van der Waals surface area contributed by atoms with Gasteiger partial charge in [-0.05, 0) is 48.7 Å². The second-order valence-corrected chi connectivity index (χ2v) is 9.59. The summed E-state index contributed by atoms with van der Waals surface area (Å²) in [6, 6.07) is 8.57. The van der Waals surface area contributed by atoms with E-state index in [9.17, 15) is 8.42 Å². The monoisotopic (exact) mass is 445 g/mol. The van der Waals surface area contributed by atoms with E-state index in [-0.39, 0.29) is 9.92 Å². The highest BCUT2D eigenvalue weighted by atomic mass is 35.5. The van der Waals surface area contributed by atoms with Crippen LogP contribution in [0.2, 0.25) is 5.02 Å². The fraction of sp³-hybridized carbons (Fsp3) is 0.318. The lowest BCUT2D eigenvalue weighted by Crippen LogP contribution is -2.34. The average molecular weight is 446 g/mol. The van der Waals surface area contributed by atoms with E-state index in [1.807, 2.05) is 18.3 Å². The molecule has 6 nitrogen and oxygen atoms in total. The number of benzene rings is 1. The third kappa shape index (κ3) is 3.73. The van der Waals surface area contributed by atoms with E-state index in [1.54, 1.807) is 6.07 Å². The van der Waals surface area contributed by atoms with Crippen molar-refractivity contribution in [2.75, 3.05) is 20.2 Å². The maximum Gasteiger partial charge on any atom is 0.243 e. The number of rotatable bonds is 6. The van der Waals surface area contributed by atoms with Gasteiger partial charge in [0.15, 0.2) is 0 Å². The number of methoxy groups -OCH3 is 1. The molecule has 1 aromatic carbocycles. The van der Waals surface area contributed by atoms with Gasteiger partial charge >= 0.3 is 0 Å². The number of ether oxygens (including phenoxy) is 1. The summed E-state index contributed by atoms with van der Waals surface area (Å²) in [7, 11) is -2.13. The Balaban J connectivity index is 1.62. The second-order valence-electron chi connectivity index (χ2n) is 7.25. The zero-order valence-electron chi connectivity index (χ0n) is 17.0. The third-order valence-electron chi connectivity index (χ3n) is 5.38. The minimum Gasteiger partial charge on any atom is -0.495 e. The molecule has 3 heterocycles. The molecule has 2 aromatic heterocycles. The number of pyridine rings is 1. The Labute approximate surface area is 181 Å². The van der Waals surface area contributed by atoms with Crippen molar-refractivity contribution < 1.29 is 13.2 Å². The Bertz CT molecular complexity index is 1220. The summed E-state index contributed by atoms with van der Waals surface area (Å²) >= 11 is 6.13. The fourth-order valence-corrected chi connectivity index (χ4v) is 5.59. The molecule has 0 unspecified atom stereocenters. The maximum atomic E-state index is 13.1. The minimum absolute atomic E-state index is 0.175. The fourth-order valence-electron chi connectivity index (χ4n) is 3.86. The van der Waals surface area contributed by atoms with Gasteiger partial charge in [0.25, 0.3) is 0 Å². The number of fused-ring (bicyclic) bond motifs is 1. The zero-order valence-corrected chi connectivity index (χ0v) is 18.6. The molecule has 0 fully saturated rings. The summed E-state index contributed by atoms with van der Waals surface area (Å²) in [5.41, 5.74) is 3.26. The van der Waals surface area contributed by atoms with Crippen LogP contribution in [0.3, 0.4) is 0 Å². The molecule has 1 aliphatic rings. The highest BCUT2D eigenvalue weighted by Gasteiger charge is 2.28. The molecule has 0 spiro atoms. The van der Waals surface area contributed by atoms with Gasteiger partial charge in [-0.25, -0.2) is 13.4 Å². The van der Waals surface area contributed by atoms with Crippen LogP contribution < -0.4 is 4.74 Å². The lowest BCUT2D eigenvalue weighted by molar-refractivity contribution is 0.414. The molecule has 0 N–H and O–H groups in total. The summed E-state index contributed by atoms with van der Waals surface area (Å²) in [5, 5.41) is 1.39. The van der Waals surface area contributed by atoms with Crippen molar-refractivity contribution in [3.63, 3.8) is 0 Å². The normalized spacial score (nSPS) is 15.4. The summed E-state index contributed by atoms with van der Waals surface area (Å²) in [5.74, 6) is 0.452. The Morgan fingerprint density at radius 3 is 2.77 bits per heavy atom. The maximum absolute atomic E-state index is 13.1. The van der Waals surface area contributed by atoms with Crippen molar-refractivity contribution in [2.24, 2.45) is 0 Å². The van der Waals surface area contributed by atoms with Gasteiger partial charge in [0.05, 0.1) is 17.0 Å². The first-order chi connectivity index (χ1) is 14.5. The van der Waals surface area contributed by atoms with Crippen LogP contribution in [0.25, 0.3) is 16.6 Å². The molecule has 0 aliphatic carbocycles. The van der Waals surface area contributed by atoms with Crippen LogP contribution in [0.4, 0.5) is 0 Å². The topological polar surface area (TPSA) is 64.4 Å². The zero-order chi connectivity index (χ0) is 21.3. The van der Waals surface area contributed by atoms with E-state index in [0.29, 0.717) is 25.3 Å². The predicted molar refractivity (Wildman–Crippen MR) is 119 cm³/mol. The van der Waals surface area contributed by atoms with E-state index >= 15 is 0 Å². The van der Waals surface area contributed by atoms with Crippen molar-refractivity contribution in [3.05, 3.63) is 59.4 Å². The van der Waals surface area contributed by atoms with Crippen LogP contribution >= 0.6 is 11.6 Å². The Morgan fingerprint density at radius 2 is 2.10 bits per heavy atom. The second kappa shape index (κ2) is 8.41. The average Bonchev–Trinajstić information content (AvgIpc) is 3.13. The van der Waals surface area contributed by atoms with E-state index in [0.717, 1.165) is 35.1 Å². The molecule has 30 heavy (non-hydrogen) atoms. The largest absolute Gasteiger partial charge is 0.495 e. The van der Waals surface area contributed by atoms with Crippen LogP contribution in [0, 0.1) is 0 Å². The lowest BCUT2D eigenvalue weighted by Gasteiger charge is -2.26. The minimum atomic E-state index is -3.63. The van der Waals surface area contributed by atoms with Crippen molar-refractivity contribution >= 4 is 38.2 Å². The highest BCUT2D eigenvalue weighted by Crippen LogP contribution is 2.33. The number of hydrogen-bond acceptors (Lipinski definition) is 4. The van der Waals surface area contributed by atoms with E-state index < -0.39 is 10.0 Å². The number of nitrogens with zero attached hydrogens (tertiary/aromatic N) is 3. The molecule has 1 aliphatic heterocycles. The number of aromatic nitrogens is 2. The van der Waals surface area contributed by atoms with Gasteiger partial charge in [0, 0.05) is 43.0 Å². The molecule has 0 bridgehead atoms. The quantitative estimate of drug-likeness (QED) is 0.556. The standard InChI is InChI=1S/C22H24ClN3O3S/c1-3-11-25-15-19(18-5-4-10-24-22(18)25)16-8-12-26(13-9-16)30(27,28)17-6-7-21(29-2)20(23)14-17/h4-8,10,14-15H,3,9,11-13H2,1-2H3. The number of sulfonamides is 1. The van der Waals surface area contributed by atoms with Crippen LogP contribution in [0.1, 0.15) is 25.3 Å². The van der Waals surface area contributed by atoms with E-state index in [4.69, 9.17) is 16.3 Å². The molecule has 8 heteroatoms. The molecule has 158 valence electrons. The van der Waals surface area contributed by atoms with Gasteiger partial charge in [0.2, 0.25) is 10.0 Å². The summed E-state index contributed by atoms with van der Waals surface area (Å²) in [6.45, 7) is 3.78. The highest BCUT2D eigenvalue weighted by molar-refractivity contribution is 7.89. The van der Waals surface area contributed by atoms with Gasteiger partial charge < -0.3 is 9.30 Å².